The molecule has 1 aromatic carbocycles. The Kier molecular flexibility index (Phi) is 7.12. The molecule has 32 heavy (non-hydrogen) atoms. The molecule has 1 fully saturated rings. The van der Waals surface area contributed by atoms with E-state index in [1.54, 1.807) is 19.2 Å². The zero-order valence-electron chi connectivity index (χ0n) is 19.8. The van der Waals surface area contributed by atoms with Crippen molar-refractivity contribution in [1.29, 1.82) is 0 Å². The van der Waals surface area contributed by atoms with Gasteiger partial charge in [-0.2, -0.15) is 0 Å². The minimum atomic E-state index is -0.746. The fraction of sp³-hybridized carbons (Fsp3) is 0.462. The molecule has 1 N–H and O–H groups in total. The molecule has 172 valence electrons. The van der Waals surface area contributed by atoms with Crippen molar-refractivity contribution in [2.75, 3.05) is 13.7 Å². The number of ether oxygens (including phenoxy) is 1. The molecule has 0 bridgehead atoms. The first-order valence-corrected chi connectivity index (χ1v) is 11.2. The quantitative estimate of drug-likeness (QED) is 0.249. The van der Waals surface area contributed by atoms with Gasteiger partial charge in [-0.25, -0.2) is 0 Å². The summed E-state index contributed by atoms with van der Waals surface area (Å²) in [6.45, 7) is 10.3. The summed E-state index contributed by atoms with van der Waals surface area (Å²) in [4.78, 5) is 27.6. The van der Waals surface area contributed by atoms with Gasteiger partial charge in [0.15, 0.2) is 0 Å². The molecule has 1 aliphatic rings. The lowest BCUT2D eigenvalue weighted by molar-refractivity contribution is -0.140. The first-order chi connectivity index (χ1) is 15.2. The molecular weight excluding hydrogens is 406 g/mol. The smallest absolute Gasteiger partial charge is 0.295 e. The number of methoxy groups -OCH3 is 1. The van der Waals surface area contributed by atoms with Crippen LogP contribution in [-0.4, -0.2) is 35.4 Å². The number of benzene rings is 1. The Morgan fingerprint density at radius 2 is 1.91 bits per heavy atom. The van der Waals surface area contributed by atoms with Crippen LogP contribution < -0.4 is 4.74 Å². The zero-order valence-corrected chi connectivity index (χ0v) is 19.8. The van der Waals surface area contributed by atoms with Crippen molar-refractivity contribution in [2.45, 2.75) is 65.8 Å². The van der Waals surface area contributed by atoms with Gasteiger partial charge < -0.3 is 19.2 Å². The lowest BCUT2D eigenvalue weighted by atomic mass is 9.92. The zero-order chi connectivity index (χ0) is 23.6. The van der Waals surface area contributed by atoms with Crippen LogP contribution in [0.3, 0.4) is 0 Å². The molecule has 1 unspecified atom stereocenters. The summed E-state index contributed by atoms with van der Waals surface area (Å²) in [6.07, 6.45) is 2.72. The van der Waals surface area contributed by atoms with Crippen LogP contribution in [0.5, 0.6) is 5.75 Å². The first kappa shape index (κ1) is 23.6. The van der Waals surface area contributed by atoms with Crippen LogP contribution in [0.1, 0.15) is 80.2 Å². The van der Waals surface area contributed by atoms with E-state index in [9.17, 15) is 14.7 Å². The van der Waals surface area contributed by atoms with E-state index in [1.807, 2.05) is 39.8 Å². The highest BCUT2D eigenvalue weighted by Crippen LogP contribution is 2.41. The number of ketones is 1. The summed E-state index contributed by atoms with van der Waals surface area (Å²) in [5, 5.41) is 11.4. The molecule has 3 rings (SSSR count). The second-order valence-corrected chi connectivity index (χ2v) is 8.71. The SMILES string of the molecule is CCCCCN1C(=O)C(=O)/C(=C(/O)c2cc(C(C)C)c(OC)cc2C)C1c1ccc(C)o1. The third kappa shape index (κ3) is 4.31. The molecule has 0 saturated carbocycles. The lowest BCUT2D eigenvalue weighted by Crippen LogP contribution is -2.30. The molecule has 2 heterocycles. The van der Waals surface area contributed by atoms with Crippen LogP contribution in [0, 0.1) is 13.8 Å². The van der Waals surface area contributed by atoms with E-state index in [2.05, 4.69) is 6.92 Å². The molecule has 6 nitrogen and oxygen atoms in total. The summed E-state index contributed by atoms with van der Waals surface area (Å²) < 4.78 is 11.3. The number of carbonyl (C=O) groups excluding carboxylic acids is 2. The fourth-order valence-electron chi connectivity index (χ4n) is 4.27. The maximum absolute atomic E-state index is 13.1. The lowest BCUT2D eigenvalue weighted by Gasteiger charge is -2.23. The number of aryl methyl sites for hydroxylation is 2. The van der Waals surface area contributed by atoms with Gasteiger partial charge in [-0.1, -0.05) is 33.6 Å². The third-order valence-electron chi connectivity index (χ3n) is 6.03. The number of nitrogens with zero attached hydrogens (tertiary/aromatic N) is 1. The number of hydrogen-bond acceptors (Lipinski definition) is 5. The minimum absolute atomic E-state index is 0.0730. The van der Waals surface area contributed by atoms with Crippen molar-refractivity contribution in [1.82, 2.24) is 4.90 Å². The molecule has 0 radical (unpaired) electrons. The first-order valence-electron chi connectivity index (χ1n) is 11.2. The van der Waals surface area contributed by atoms with Crippen molar-refractivity contribution in [3.05, 3.63) is 58.0 Å². The molecule has 0 aliphatic carbocycles. The van der Waals surface area contributed by atoms with Crippen LogP contribution in [0.2, 0.25) is 0 Å². The number of carbonyl (C=O) groups is 2. The van der Waals surface area contributed by atoms with E-state index < -0.39 is 17.7 Å². The molecule has 1 aromatic heterocycles. The average Bonchev–Trinajstić information content (AvgIpc) is 3.29. The largest absolute Gasteiger partial charge is 0.507 e. The fourth-order valence-corrected chi connectivity index (χ4v) is 4.27. The standard InChI is InChI=1S/C26H33NO5/c1-7-8-9-12-27-23(20-11-10-17(5)32-20)22(25(29)26(27)30)24(28)19-14-18(15(2)3)21(31-6)13-16(19)4/h10-11,13-15,23,28H,7-9,12H2,1-6H3/b24-22+. The highest BCUT2D eigenvalue weighted by Gasteiger charge is 2.47. The Labute approximate surface area is 189 Å². The predicted molar refractivity (Wildman–Crippen MR) is 124 cm³/mol. The predicted octanol–water partition coefficient (Wildman–Crippen LogP) is 5.64. The van der Waals surface area contributed by atoms with Crippen LogP contribution in [0.4, 0.5) is 0 Å². The number of amides is 1. The number of unbranched alkanes of at least 4 members (excludes halogenated alkanes) is 2. The van der Waals surface area contributed by atoms with Gasteiger partial charge in [0.05, 0.1) is 12.7 Å². The number of furan rings is 1. The number of likely N-dealkylation sites (tertiary alicyclic amines) is 1. The molecule has 1 atom stereocenters. The molecular formula is C26H33NO5. The molecule has 1 amide bonds. The Balaban J connectivity index is 2.19. The normalized spacial score (nSPS) is 18.1. The second kappa shape index (κ2) is 9.63. The van der Waals surface area contributed by atoms with Gasteiger partial charge in [0.2, 0.25) is 0 Å². The van der Waals surface area contributed by atoms with Gasteiger partial charge in [0.1, 0.15) is 29.1 Å². The number of aliphatic hydroxyl groups excluding tert-OH is 1. The Bertz CT molecular complexity index is 1050. The third-order valence-corrected chi connectivity index (χ3v) is 6.03. The molecule has 1 aliphatic heterocycles. The van der Waals surface area contributed by atoms with Gasteiger partial charge in [-0.15, -0.1) is 0 Å². The molecule has 2 aromatic rings. The Hall–Kier alpha value is -3.02. The topological polar surface area (TPSA) is 80.0 Å². The maximum atomic E-state index is 13.1. The van der Waals surface area contributed by atoms with Gasteiger partial charge in [-0.05, 0) is 61.6 Å². The van der Waals surface area contributed by atoms with Gasteiger partial charge in [0, 0.05) is 12.1 Å². The number of rotatable bonds is 8. The summed E-state index contributed by atoms with van der Waals surface area (Å²) in [7, 11) is 1.61. The summed E-state index contributed by atoms with van der Waals surface area (Å²) in [5.74, 6) is 0.583. The van der Waals surface area contributed by atoms with Crippen molar-refractivity contribution in [3.63, 3.8) is 0 Å². The van der Waals surface area contributed by atoms with Crippen LogP contribution in [0.25, 0.3) is 5.76 Å². The van der Waals surface area contributed by atoms with Crippen LogP contribution in [-0.2, 0) is 9.59 Å². The second-order valence-electron chi connectivity index (χ2n) is 8.71. The van der Waals surface area contributed by atoms with Crippen molar-refractivity contribution >= 4 is 17.4 Å². The van der Waals surface area contributed by atoms with Gasteiger partial charge >= 0.3 is 0 Å². The van der Waals surface area contributed by atoms with Crippen LogP contribution in [0.15, 0.2) is 34.3 Å². The monoisotopic (exact) mass is 439 g/mol. The van der Waals surface area contributed by atoms with E-state index in [0.29, 0.717) is 23.6 Å². The van der Waals surface area contributed by atoms with Gasteiger partial charge in [0.25, 0.3) is 11.7 Å². The van der Waals surface area contributed by atoms with E-state index in [4.69, 9.17) is 9.15 Å². The minimum Gasteiger partial charge on any atom is -0.507 e. The van der Waals surface area contributed by atoms with Crippen molar-refractivity contribution < 1.29 is 23.8 Å². The Morgan fingerprint density at radius 1 is 1.19 bits per heavy atom. The van der Waals surface area contributed by atoms with Crippen molar-refractivity contribution in [2.24, 2.45) is 0 Å². The highest BCUT2D eigenvalue weighted by molar-refractivity contribution is 6.46. The molecule has 1 saturated heterocycles. The van der Waals surface area contributed by atoms with Crippen molar-refractivity contribution in [3.8, 4) is 5.75 Å². The van der Waals surface area contributed by atoms with E-state index in [0.717, 1.165) is 36.1 Å². The van der Waals surface area contributed by atoms with E-state index >= 15 is 0 Å². The van der Waals surface area contributed by atoms with Gasteiger partial charge in [-0.3, -0.25) is 9.59 Å². The summed E-state index contributed by atoms with van der Waals surface area (Å²) in [5.41, 5.74) is 2.27. The van der Waals surface area contributed by atoms with E-state index in [1.165, 1.54) is 4.90 Å². The average molecular weight is 440 g/mol. The molecule has 0 spiro atoms. The van der Waals surface area contributed by atoms with E-state index in [-0.39, 0.29) is 17.3 Å². The number of Topliss-reactive ketones (excluding diaryl/α,β-unsaturated/α-hetero) is 1. The molecule has 6 heteroatoms. The van der Waals surface area contributed by atoms with Crippen LogP contribution >= 0.6 is 0 Å². The number of hydrogen-bond donors (Lipinski definition) is 1. The Morgan fingerprint density at radius 3 is 2.47 bits per heavy atom. The summed E-state index contributed by atoms with van der Waals surface area (Å²) in [6, 6.07) is 6.53. The maximum Gasteiger partial charge on any atom is 0.295 e. The number of aliphatic hydroxyl groups is 1. The highest BCUT2D eigenvalue weighted by atomic mass is 16.5. The summed E-state index contributed by atoms with van der Waals surface area (Å²) >= 11 is 0.